The number of nitrogens with zero attached hydrogens (tertiary/aromatic N) is 1. The van der Waals surface area contributed by atoms with E-state index in [1.807, 2.05) is 31.2 Å². The molecule has 0 bridgehead atoms. The fourth-order valence-electron chi connectivity index (χ4n) is 2.22. The second-order valence-corrected chi connectivity index (χ2v) is 4.56. The van der Waals surface area contributed by atoms with Crippen LogP contribution in [-0.2, 0) is 11.2 Å². The second-order valence-electron chi connectivity index (χ2n) is 4.56. The van der Waals surface area contributed by atoms with E-state index in [-0.39, 0.29) is 5.91 Å². The third-order valence-electron chi connectivity index (χ3n) is 3.29. The number of amides is 1. The van der Waals surface area contributed by atoms with Crippen molar-refractivity contribution in [3.8, 4) is 5.75 Å². The fraction of sp³-hybridized carbons (Fsp3) is 0.200. The number of hydrogen-bond acceptors (Lipinski definition) is 3. The molecule has 1 aromatic carbocycles. The summed E-state index contributed by atoms with van der Waals surface area (Å²) in [7, 11) is 1.61. The molecule has 0 saturated heterocycles. The molecule has 1 aliphatic heterocycles. The molecule has 5 nitrogen and oxygen atoms in total. The molecule has 0 fully saturated rings. The first kappa shape index (κ1) is 12.5. The minimum Gasteiger partial charge on any atom is -0.497 e. The Morgan fingerprint density at radius 1 is 1.40 bits per heavy atom. The summed E-state index contributed by atoms with van der Waals surface area (Å²) in [6, 6.07) is 5.53. The van der Waals surface area contributed by atoms with Crippen molar-refractivity contribution in [1.29, 1.82) is 0 Å². The summed E-state index contributed by atoms with van der Waals surface area (Å²) in [4.78, 5) is 19.5. The maximum absolute atomic E-state index is 12.1. The van der Waals surface area contributed by atoms with Crippen LogP contribution in [0.25, 0.3) is 11.6 Å². The van der Waals surface area contributed by atoms with Crippen LogP contribution in [0.15, 0.2) is 24.4 Å². The Balaban J connectivity index is 2.04. The zero-order valence-electron chi connectivity index (χ0n) is 11.4. The van der Waals surface area contributed by atoms with Crippen molar-refractivity contribution >= 4 is 23.2 Å². The SMILES string of the molecule is CCc1ncc(/C=C2\C(=O)Nc3ccc(OC)cc32)[nH]1. The maximum Gasteiger partial charge on any atom is 0.256 e. The number of carbonyl (C=O) groups excluding carboxylic acids is 1. The Hall–Kier alpha value is -2.56. The first-order valence-corrected chi connectivity index (χ1v) is 6.46. The van der Waals surface area contributed by atoms with Gasteiger partial charge in [-0.15, -0.1) is 0 Å². The predicted octanol–water partition coefficient (Wildman–Crippen LogP) is 2.47. The Bertz CT molecular complexity index is 701. The lowest BCUT2D eigenvalue weighted by Crippen LogP contribution is -2.03. The van der Waals surface area contributed by atoms with Gasteiger partial charge >= 0.3 is 0 Å². The summed E-state index contributed by atoms with van der Waals surface area (Å²) in [6.45, 7) is 2.03. The van der Waals surface area contributed by atoms with Gasteiger partial charge in [-0.2, -0.15) is 0 Å². The number of imidazole rings is 1. The van der Waals surface area contributed by atoms with Crippen molar-refractivity contribution in [1.82, 2.24) is 9.97 Å². The second kappa shape index (κ2) is 4.85. The zero-order valence-corrected chi connectivity index (χ0v) is 11.4. The van der Waals surface area contributed by atoms with E-state index in [2.05, 4.69) is 15.3 Å². The quantitative estimate of drug-likeness (QED) is 0.841. The van der Waals surface area contributed by atoms with E-state index in [1.54, 1.807) is 13.3 Å². The van der Waals surface area contributed by atoms with Gasteiger partial charge in [0.1, 0.15) is 11.6 Å². The number of H-pyrrole nitrogens is 1. The molecule has 0 aliphatic carbocycles. The van der Waals surface area contributed by atoms with Gasteiger partial charge in [0.2, 0.25) is 0 Å². The lowest BCUT2D eigenvalue weighted by Gasteiger charge is -2.02. The standard InChI is InChI=1S/C15H15N3O2/c1-3-14-16-8-9(17-14)6-12-11-7-10(20-2)4-5-13(11)18-15(12)19/h4-8H,3H2,1-2H3,(H,16,17)(H,18,19)/b12-6-. The summed E-state index contributed by atoms with van der Waals surface area (Å²) in [5.41, 5.74) is 3.09. The van der Waals surface area contributed by atoms with Gasteiger partial charge in [-0.05, 0) is 24.3 Å². The van der Waals surface area contributed by atoms with Gasteiger partial charge < -0.3 is 15.0 Å². The number of benzene rings is 1. The molecule has 0 unspecified atom stereocenters. The molecule has 2 heterocycles. The number of anilines is 1. The molecule has 1 aromatic heterocycles. The van der Waals surface area contributed by atoms with Crippen LogP contribution in [0.4, 0.5) is 5.69 Å². The van der Waals surface area contributed by atoms with Crippen LogP contribution in [-0.4, -0.2) is 23.0 Å². The molecule has 0 atom stereocenters. The summed E-state index contributed by atoms with van der Waals surface area (Å²) in [5.74, 6) is 1.52. The van der Waals surface area contributed by atoms with Crippen LogP contribution in [0.1, 0.15) is 24.0 Å². The highest BCUT2D eigenvalue weighted by Gasteiger charge is 2.24. The maximum atomic E-state index is 12.1. The monoisotopic (exact) mass is 269 g/mol. The Morgan fingerprint density at radius 2 is 2.25 bits per heavy atom. The van der Waals surface area contributed by atoms with E-state index in [0.29, 0.717) is 5.57 Å². The van der Waals surface area contributed by atoms with E-state index >= 15 is 0 Å². The highest BCUT2D eigenvalue weighted by molar-refractivity contribution is 6.34. The lowest BCUT2D eigenvalue weighted by atomic mass is 10.1. The van der Waals surface area contributed by atoms with E-state index < -0.39 is 0 Å². The fourth-order valence-corrected chi connectivity index (χ4v) is 2.22. The number of rotatable bonds is 3. The van der Waals surface area contributed by atoms with Gasteiger partial charge in [-0.3, -0.25) is 4.79 Å². The van der Waals surface area contributed by atoms with Gasteiger partial charge in [0.25, 0.3) is 5.91 Å². The third kappa shape index (κ3) is 2.07. The molecule has 0 saturated carbocycles. The van der Waals surface area contributed by atoms with Crippen LogP contribution in [0.5, 0.6) is 5.75 Å². The summed E-state index contributed by atoms with van der Waals surface area (Å²) >= 11 is 0. The third-order valence-corrected chi connectivity index (χ3v) is 3.29. The summed E-state index contributed by atoms with van der Waals surface area (Å²) in [5, 5.41) is 2.84. The van der Waals surface area contributed by atoms with Crippen LogP contribution in [0, 0.1) is 0 Å². The van der Waals surface area contributed by atoms with Crippen LogP contribution in [0.3, 0.4) is 0 Å². The van der Waals surface area contributed by atoms with Crippen molar-refractivity contribution in [3.05, 3.63) is 41.5 Å². The molecule has 0 radical (unpaired) electrons. The average molecular weight is 269 g/mol. The predicted molar refractivity (Wildman–Crippen MR) is 77.5 cm³/mol. The van der Waals surface area contributed by atoms with Gasteiger partial charge in [0.15, 0.2) is 0 Å². The van der Waals surface area contributed by atoms with Crippen LogP contribution in [0.2, 0.25) is 0 Å². The molecule has 2 N–H and O–H groups in total. The molecule has 2 aromatic rings. The largest absolute Gasteiger partial charge is 0.497 e. The van der Waals surface area contributed by atoms with E-state index in [1.165, 1.54) is 0 Å². The Morgan fingerprint density at radius 3 is 2.95 bits per heavy atom. The molecule has 5 heteroatoms. The minimum absolute atomic E-state index is 0.110. The van der Waals surface area contributed by atoms with Gasteiger partial charge in [0.05, 0.1) is 24.6 Å². The van der Waals surface area contributed by atoms with Crippen molar-refractivity contribution in [2.75, 3.05) is 12.4 Å². The molecular formula is C15H15N3O2. The van der Waals surface area contributed by atoms with E-state index in [4.69, 9.17) is 4.74 Å². The van der Waals surface area contributed by atoms with Crippen molar-refractivity contribution in [3.63, 3.8) is 0 Å². The molecule has 20 heavy (non-hydrogen) atoms. The van der Waals surface area contributed by atoms with Crippen molar-refractivity contribution in [2.24, 2.45) is 0 Å². The van der Waals surface area contributed by atoms with Crippen molar-refractivity contribution in [2.45, 2.75) is 13.3 Å². The number of aromatic amines is 1. The number of fused-ring (bicyclic) bond motifs is 1. The van der Waals surface area contributed by atoms with Gasteiger partial charge in [-0.1, -0.05) is 6.92 Å². The van der Waals surface area contributed by atoms with Gasteiger partial charge in [-0.25, -0.2) is 4.98 Å². The molecule has 0 spiro atoms. The van der Waals surface area contributed by atoms with Crippen molar-refractivity contribution < 1.29 is 9.53 Å². The first-order chi connectivity index (χ1) is 9.71. The highest BCUT2D eigenvalue weighted by atomic mass is 16.5. The molecule has 102 valence electrons. The molecular weight excluding hydrogens is 254 g/mol. The smallest absolute Gasteiger partial charge is 0.256 e. The number of nitrogens with one attached hydrogen (secondary N) is 2. The van der Waals surface area contributed by atoms with E-state index in [0.717, 1.165) is 34.9 Å². The zero-order chi connectivity index (χ0) is 14.1. The number of aryl methyl sites for hydroxylation is 1. The molecule has 1 aliphatic rings. The number of methoxy groups -OCH3 is 1. The number of aromatic nitrogens is 2. The average Bonchev–Trinajstić information content (AvgIpc) is 3.04. The normalized spacial score (nSPS) is 15.3. The highest BCUT2D eigenvalue weighted by Crippen LogP contribution is 2.35. The van der Waals surface area contributed by atoms with Crippen LogP contribution < -0.4 is 10.1 Å². The lowest BCUT2D eigenvalue weighted by molar-refractivity contribution is -0.110. The van der Waals surface area contributed by atoms with E-state index in [9.17, 15) is 4.79 Å². The first-order valence-electron chi connectivity index (χ1n) is 6.46. The number of carbonyl (C=O) groups is 1. The topological polar surface area (TPSA) is 67.0 Å². The summed E-state index contributed by atoms with van der Waals surface area (Å²) in [6.07, 6.45) is 4.38. The Labute approximate surface area is 116 Å². The number of hydrogen-bond donors (Lipinski definition) is 2. The minimum atomic E-state index is -0.110. The Kier molecular flexibility index (Phi) is 3.02. The molecule has 3 rings (SSSR count). The molecule has 1 amide bonds. The van der Waals surface area contributed by atoms with Crippen LogP contribution >= 0.6 is 0 Å². The summed E-state index contributed by atoms with van der Waals surface area (Å²) < 4.78 is 5.21. The number of ether oxygens (including phenoxy) is 1. The van der Waals surface area contributed by atoms with Gasteiger partial charge in [0, 0.05) is 17.7 Å².